The summed E-state index contributed by atoms with van der Waals surface area (Å²) in [5.74, 6) is 1.75. The third-order valence-corrected chi connectivity index (χ3v) is 5.20. The predicted molar refractivity (Wildman–Crippen MR) is 74.3 cm³/mol. The van der Waals surface area contributed by atoms with Crippen molar-refractivity contribution in [3.63, 3.8) is 0 Å². The van der Waals surface area contributed by atoms with Crippen molar-refractivity contribution < 1.29 is 0 Å². The van der Waals surface area contributed by atoms with Crippen LogP contribution in [0.3, 0.4) is 0 Å². The van der Waals surface area contributed by atoms with Crippen molar-refractivity contribution in [2.45, 2.75) is 58.4 Å². The molecule has 2 unspecified atom stereocenters. The van der Waals surface area contributed by atoms with Gasteiger partial charge >= 0.3 is 0 Å². The fourth-order valence-electron chi connectivity index (χ4n) is 3.72. The summed E-state index contributed by atoms with van der Waals surface area (Å²) in [5.41, 5.74) is 0.472. The molecule has 2 nitrogen and oxygen atoms in total. The van der Waals surface area contributed by atoms with Gasteiger partial charge in [0.2, 0.25) is 0 Å². The lowest BCUT2D eigenvalue weighted by molar-refractivity contribution is 0.229. The van der Waals surface area contributed by atoms with Crippen LogP contribution in [-0.2, 0) is 0 Å². The average molecular weight is 238 g/mol. The highest BCUT2D eigenvalue weighted by molar-refractivity contribution is 4.96. The topological polar surface area (TPSA) is 15.3 Å². The van der Waals surface area contributed by atoms with Gasteiger partial charge in [-0.1, -0.05) is 20.8 Å². The molecule has 0 aromatic heterocycles. The molecule has 0 aliphatic carbocycles. The first-order valence-corrected chi connectivity index (χ1v) is 7.63. The Balaban J connectivity index is 1.80. The van der Waals surface area contributed by atoms with E-state index < -0.39 is 0 Å². The van der Waals surface area contributed by atoms with Crippen LogP contribution in [0.2, 0.25) is 0 Å². The Morgan fingerprint density at radius 3 is 2.76 bits per heavy atom. The van der Waals surface area contributed by atoms with E-state index in [9.17, 15) is 0 Å². The van der Waals surface area contributed by atoms with Gasteiger partial charge in [0.15, 0.2) is 0 Å². The second kappa shape index (κ2) is 5.71. The van der Waals surface area contributed by atoms with Crippen LogP contribution in [0.5, 0.6) is 0 Å². The molecule has 0 saturated carbocycles. The van der Waals surface area contributed by atoms with Gasteiger partial charge in [0.05, 0.1) is 0 Å². The molecule has 2 aliphatic rings. The molecule has 0 aromatic carbocycles. The molecule has 2 aliphatic heterocycles. The summed E-state index contributed by atoms with van der Waals surface area (Å²) in [4.78, 5) is 2.61. The maximum absolute atomic E-state index is 3.81. The lowest BCUT2D eigenvalue weighted by Gasteiger charge is -2.35. The number of hydrogen-bond donors (Lipinski definition) is 1. The van der Waals surface area contributed by atoms with Crippen molar-refractivity contribution in [1.29, 1.82) is 0 Å². The smallest absolute Gasteiger partial charge is 0.0205 e. The van der Waals surface area contributed by atoms with Gasteiger partial charge in [0.1, 0.15) is 0 Å². The summed E-state index contributed by atoms with van der Waals surface area (Å²) in [7, 11) is 0. The fourth-order valence-corrected chi connectivity index (χ4v) is 3.72. The second-order valence-corrected chi connectivity index (χ2v) is 6.43. The molecule has 2 heteroatoms. The van der Waals surface area contributed by atoms with Crippen LogP contribution < -0.4 is 5.32 Å². The summed E-state index contributed by atoms with van der Waals surface area (Å²) in [6.07, 6.45) is 7.04. The van der Waals surface area contributed by atoms with Gasteiger partial charge in [0, 0.05) is 12.1 Å². The number of rotatable bonds is 5. The van der Waals surface area contributed by atoms with Crippen LogP contribution in [0, 0.1) is 11.8 Å². The first-order valence-electron chi connectivity index (χ1n) is 7.63. The Morgan fingerprint density at radius 2 is 2.24 bits per heavy atom. The second-order valence-electron chi connectivity index (χ2n) is 6.43. The lowest BCUT2D eigenvalue weighted by Crippen LogP contribution is -2.45. The summed E-state index contributed by atoms with van der Waals surface area (Å²) in [5, 5.41) is 3.81. The van der Waals surface area contributed by atoms with Crippen molar-refractivity contribution >= 4 is 0 Å². The first-order chi connectivity index (χ1) is 8.16. The van der Waals surface area contributed by atoms with Crippen molar-refractivity contribution in [1.82, 2.24) is 10.2 Å². The normalized spacial score (nSPS) is 34.9. The van der Waals surface area contributed by atoms with Crippen LogP contribution in [0.1, 0.15) is 52.9 Å². The maximum atomic E-state index is 3.81. The van der Waals surface area contributed by atoms with Crippen LogP contribution in [-0.4, -0.2) is 36.6 Å². The molecule has 17 heavy (non-hydrogen) atoms. The van der Waals surface area contributed by atoms with Crippen molar-refractivity contribution in [2.75, 3.05) is 26.2 Å². The Hall–Kier alpha value is -0.0800. The summed E-state index contributed by atoms with van der Waals surface area (Å²) in [6.45, 7) is 12.2. The van der Waals surface area contributed by atoms with Crippen LogP contribution >= 0.6 is 0 Å². The molecule has 100 valence electrons. The zero-order valence-corrected chi connectivity index (χ0v) is 12.0. The number of likely N-dealkylation sites (tertiary alicyclic amines) is 1. The lowest BCUT2D eigenvalue weighted by atomic mass is 9.79. The zero-order valence-electron chi connectivity index (χ0n) is 12.0. The molecule has 2 rings (SSSR count). The molecule has 2 fully saturated rings. The Bertz CT molecular complexity index is 231. The zero-order chi connectivity index (χ0) is 12.3. The standard InChI is InChI=1S/C15H30N2/c1-4-17-11-7-14(12-17)6-9-15(13(2)3)8-5-10-16-15/h13-14,16H,4-12H2,1-3H3. The van der Waals surface area contributed by atoms with E-state index in [1.165, 1.54) is 58.3 Å². The molecule has 2 saturated heterocycles. The molecule has 0 spiro atoms. The van der Waals surface area contributed by atoms with E-state index in [1.807, 2.05) is 0 Å². The van der Waals surface area contributed by atoms with E-state index in [0.717, 1.165) is 11.8 Å². The maximum Gasteiger partial charge on any atom is 0.0205 e. The molecule has 0 amide bonds. The highest BCUT2D eigenvalue weighted by Gasteiger charge is 2.37. The number of hydrogen-bond acceptors (Lipinski definition) is 2. The van der Waals surface area contributed by atoms with Gasteiger partial charge in [-0.05, 0) is 63.6 Å². The Kier molecular flexibility index (Phi) is 4.48. The third kappa shape index (κ3) is 3.03. The van der Waals surface area contributed by atoms with E-state index in [4.69, 9.17) is 0 Å². The number of nitrogens with zero attached hydrogens (tertiary/aromatic N) is 1. The first kappa shape index (κ1) is 13.4. The average Bonchev–Trinajstić information content (AvgIpc) is 2.96. The predicted octanol–water partition coefficient (Wildman–Crippen LogP) is 2.89. The van der Waals surface area contributed by atoms with Crippen molar-refractivity contribution in [2.24, 2.45) is 11.8 Å². The molecule has 2 atom stereocenters. The van der Waals surface area contributed by atoms with Crippen molar-refractivity contribution in [3.05, 3.63) is 0 Å². The number of nitrogens with one attached hydrogen (secondary N) is 1. The van der Waals surface area contributed by atoms with Crippen LogP contribution in [0.4, 0.5) is 0 Å². The van der Waals surface area contributed by atoms with E-state index >= 15 is 0 Å². The molecule has 0 radical (unpaired) electrons. The molecular weight excluding hydrogens is 208 g/mol. The van der Waals surface area contributed by atoms with Gasteiger partial charge in [-0.15, -0.1) is 0 Å². The Labute approximate surface area is 107 Å². The monoisotopic (exact) mass is 238 g/mol. The highest BCUT2D eigenvalue weighted by Crippen LogP contribution is 2.34. The Morgan fingerprint density at radius 1 is 1.41 bits per heavy atom. The SMILES string of the molecule is CCN1CCC(CCC2(C(C)C)CCCN2)C1. The van der Waals surface area contributed by atoms with E-state index in [1.54, 1.807) is 0 Å². The van der Waals surface area contributed by atoms with Gasteiger partial charge < -0.3 is 10.2 Å². The summed E-state index contributed by atoms with van der Waals surface area (Å²) in [6, 6.07) is 0. The van der Waals surface area contributed by atoms with Gasteiger partial charge in [-0.3, -0.25) is 0 Å². The largest absolute Gasteiger partial charge is 0.311 e. The van der Waals surface area contributed by atoms with Gasteiger partial charge in [-0.2, -0.15) is 0 Å². The quantitative estimate of drug-likeness (QED) is 0.792. The van der Waals surface area contributed by atoms with Crippen LogP contribution in [0.15, 0.2) is 0 Å². The summed E-state index contributed by atoms with van der Waals surface area (Å²) >= 11 is 0. The third-order valence-electron chi connectivity index (χ3n) is 5.20. The minimum absolute atomic E-state index is 0.472. The minimum Gasteiger partial charge on any atom is -0.311 e. The highest BCUT2D eigenvalue weighted by atomic mass is 15.1. The molecule has 0 bridgehead atoms. The minimum atomic E-state index is 0.472. The van der Waals surface area contributed by atoms with Crippen LogP contribution in [0.25, 0.3) is 0 Å². The van der Waals surface area contributed by atoms with Gasteiger partial charge in [0.25, 0.3) is 0 Å². The molecule has 0 aromatic rings. The molecular formula is C15H30N2. The van der Waals surface area contributed by atoms with Crippen molar-refractivity contribution in [3.8, 4) is 0 Å². The van der Waals surface area contributed by atoms with E-state index in [-0.39, 0.29) is 0 Å². The van der Waals surface area contributed by atoms with E-state index in [0.29, 0.717) is 5.54 Å². The fraction of sp³-hybridized carbons (Fsp3) is 1.00. The summed E-state index contributed by atoms with van der Waals surface area (Å²) < 4.78 is 0. The molecule has 1 N–H and O–H groups in total. The van der Waals surface area contributed by atoms with Gasteiger partial charge in [-0.25, -0.2) is 0 Å². The molecule has 2 heterocycles. The van der Waals surface area contributed by atoms with E-state index in [2.05, 4.69) is 31.0 Å².